The summed E-state index contributed by atoms with van der Waals surface area (Å²) in [5.74, 6) is -1.18. The molecule has 1 aromatic rings. The number of aryl methyl sites for hydroxylation is 1. The maximum absolute atomic E-state index is 11.9. The van der Waals surface area contributed by atoms with Gasteiger partial charge in [0.05, 0.1) is 6.42 Å². The zero-order valence-corrected chi connectivity index (χ0v) is 13.1. The maximum Gasteiger partial charge on any atom is 0.305 e. The molecule has 110 valence electrons. The molecule has 5 heteroatoms. The molecule has 0 radical (unpaired) electrons. The smallest absolute Gasteiger partial charge is 0.305 e. The van der Waals surface area contributed by atoms with Crippen molar-refractivity contribution in [2.24, 2.45) is 5.41 Å². The van der Waals surface area contributed by atoms with Gasteiger partial charge in [-0.15, -0.1) is 11.3 Å². The molecule has 0 aliphatic rings. The van der Waals surface area contributed by atoms with Crippen molar-refractivity contribution in [3.63, 3.8) is 0 Å². The number of carbonyl (C=O) groups is 2. The Morgan fingerprint density at radius 3 is 2.55 bits per heavy atom. The summed E-state index contributed by atoms with van der Waals surface area (Å²) in [5, 5.41) is 13.6. The molecule has 1 heterocycles. The number of amides is 1. The molecule has 0 aliphatic carbocycles. The minimum Gasteiger partial charge on any atom is -0.481 e. The van der Waals surface area contributed by atoms with Crippen LogP contribution in [-0.2, 0) is 9.59 Å². The van der Waals surface area contributed by atoms with Crippen molar-refractivity contribution >= 4 is 29.3 Å². The summed E-state index contributed by atoms with van der Waals surface area (Å²) in [6, 6.07) is 1.59. The fourth-order valence-corrected chi connectivity index (χ4v) is 2.49. The van der Waals surface area contributed by atoms with E-state index in [0.717, 1.165) is 10.4 Å². The molecule has 20 heavy (non-hydrogen) atoms. The molecule has 1 atom stereocenters. The lowest BCUT2D eigenvalue weighted by Crippen LogP contribution is -2.44. The van der Waals surface area contributed by atoms with Gasteiger partial charge in [-0.3, -0.25) is 9.59 Å². The SMILES string of the molecule is Cc1ccsc1/C=C/C(=O)NC(CC(=O)O)C(C)(C)C. The molecule has 2 N–H and O–H groups in total. The lowest BCUT2D eigenvalue weighted by Gasteiger charge is -2.29. The van der Waals surface area contributed by atoms with Crippen LogP contribution < -0.4 is 5.32 Å². The topological polar surface area (TPSA) is 66.4 Å². The largest absolute Gasteiger partial charge is 0.481 e. The molecular weight excluding hydrogens is 274 g/mol. The summed E-state index contributed by atoms with van der Waals surface area (Å²) in [4.78, 5) is 23.8. The lowest BCUT2D eigenvalue weighted by molar-refractivity contribution is -0.138. The number of carboxylic acids is 1. The second kappa shape index (κ2) is 6.70. The van der Waals surface area contributed by atoms with Gasteiger partial charge in [0.1, 0.15) is 0 Å². The highest BCUT2D eigenvalue weighted by Gasteiger charge is 2.27. The van der Waals surface area contributed by atoms with E-state index in [1.165, 1.54) is 6.08 Å². The van der Waals surface area contributed by atoms with E-state index in [-0.39, 0.29) is 17.7 Å². The van der Waals surface area contributed by atoms with Gasteiger partial charge >= 0.3 is 5.97 Å². The molecule has 0 spiro atoms. The van der Waals surface area contributed by atoms with E-state index < -0.39 is 12.0 Å². The third-order valence-corrected chi connectivity index (χ3v) is 4.01. The molecule has 0 saturated heterocycles. The number of carboxylic acid groups (broad SMARTS) is 1. The average Bonchev–Trinajstić information content (AvgIpc) is 2.69. The van der Waals surface area contributed by atoms with E-state index >= 15 is 0 Å². The highest BCUT2D eigenvalue weighted by molar-refractivity contribution is 7.11. The Morgan fingerprint density at radius 1 is 1.45 bits per heavy atom. The van der Waals surface area contributed by atoms with Gasteiger partial charge in [0.2, 0.25) is 5.91 Å². The van der Waals surface area contributed by atoms with E-state index in [2.05, 4.69) is 5.32 Å². The van der Waals surface area contributed by atoms with Gasteiger partial charge in [0.15, 0.2) is 0 Å². The van der Waals surface area contributed by atoms with E-state index in [4.69, 9.17) is 5.11 Å². The van der Waals surface area contributed by atoms with E-state index in [1.807, 2.05) is 39.1 Å². The number of rotatable bonds is 5. The summed E-state index contributed by atoms with van der Waals surface area (Å²) >= 11 is 1.57. The van der Waals surface area contributed by atoms with Crippen LogP contribution in [0.1, 0.15) is 37.6 Å². The van der Waals surface area contributed by atoms with Gasteiger partial charge in [-0.2, -0.15) is 0 Å². The summed E-state index contributed by atoms with van der Waals surface area (Å²) < 4.78 is 0. The van der Waals surface area contributed by atoms with Gasteiger partial charge in [0, 0.05) is 17.0 Å². The standard InChI is InChI=1S/C15H21NO3S/c1-10-7-8-20-11(10)5-6-13(17)16-12(9-14(18)19)15(2,3)4/h5-8,12H,9H2,1-4H3,(H,16,17)(H,18,19)/b6-5+. The van der Waals surface area contributed by atoms with Crippen LogP contribution in [0.5, 0.6) is 0 Å². The van der Waals surface area contributed by atoms with Gasteiger partial charge < -0.3 is 10.4 Å². The van der Waals surface area contributed by atoms with Crippen LogP contribution >= 0.6 is 11.3 Å². The first-order chi connectivity index (χ1) is 9.20. The van der Waals surface area contributed by atoms with Gasteiger partial charge in [-0.25, -0.2) is 0 Å². The third-order valence-electron chi connectivity index (χ3n) is 3.03. The Bertz CT molecular complexity index is 511. The summed E-state index contributed by atoms with van der Waals surface area (Å²) in [6.45, 7) is 7.71. The van der Waals surface area contributed by atoms with Gasteiger partial charge in [-0.1, -0.05) is 20.8 Å². The number of thiophene rings is 1. The Balaban J connectivity index is 2.69. The molecule has 1 aromatic heterocycles. The quantitative estimate of drug-likeness (QED) is 0.820. The van der Waals surface area contributed by atoms with Crippen LogP contribution in [0, 0.1) is 12.3 Å². The minimum absolute atomic E-state index is 0.0822. The maximum atomic E-state index is 11.9. The Hall–Kier alpha value is -1.62. The van der Waals surface area contributed by atoms with Crippen molar-refractivity contribution in [2.45, 2.75) is 40.2 Å². The Morgan fingerprint density at radius 2 is 2.10 bits per heavy atom. The predicted octanol–water partition coefficient (Wildman–Crippen LogP) is 3.08. The molecule has 1 amide bonds. The molecular formula is C15H21NO3S. The first-order valence-electron chi connectivity index (χ1n) is 6.44. The second-order valence-electron chi connectivity index (χ2n) is 5.83. The van der Waals surface area contributed by atoms with Crippen molar-refractivity contribution in [1.29, 1.82) is 0 Å². The summed E-state index contributed by atoms with van der Waals surface area (Å²) in [7, 11) is 0. The number of aliphatic carboxylic acids is 1. The average molecular weight is 295 g/mol. The van der Waals surface area contributed by atoms with Crippen LogP contribution in [0.15, 0.2) is 17.5 Å². The lowest BCUT2D eigenvalue weighted by atomic mass is 9.84. The molecule has 0 fully saturated rings. The van der Waals surface area contributed by atoms with E-state index in [0.29, 0.717) is 0 Å². The van der Waals surface area contributed by atoms with E-state index in [9.17, 15) is 9.59 Å². The second-order valence-corrected chi connectivity index (χ2v) is 6.77. The third kappa shape index (κ3) is 5.17. The van der Waals surface area contributed by atoms with Crippen molar-refractivity contribution in [1.82, 2.24) is 5.32 Å². The van der Waals surface area contributed by atoms with Crippen molar-refractivity contribution in [3.05, 3.63) is 28.0 Å². The summed E-state index contributed by atoms with van der Waals surface area (Å²) in [5.41, 5.74) is 0.817. The monoisotopic (exact) mass is 295 g/mol. The van der Waals surface area contributed by atoms with Crippen molar-refractivity contribution in [2.75, 3.05) is 0 Å². The van der Waals surface area contributed by atoms with Crippen LogP contribution in [0.2, 0.25) is 0 Å². The highest BCUT2D eigenvalue weighted by atomic mass is 32.1. The van der Waals surface area contributed by atoms with E-state index in [1.54, 1.807) is 17.4 Å². The van der Waals surface area contributed by atoms with Crippen molar-refractivity contribution in [3.8, 4) is 0 Å². The van der Waals surface area contributed by atoms with Crippen LogP contribution in [0.4, 0.5) is 0 Å². The summed E-state index contributed by atoms with van der Waals surface area (Å²) in [6.07, 6.45) is 3.14. The van der Waals surface area contributed by atoms with Crippen molar-refractivity contribution < 1.29 is 14.7 Å². The van der Waals surface area contributed by atoms with Crippen LogP contribution in [0.25, 0.3) is 6.08 Å². The van der Waals surface area contributed by atoms with Crippen LogP contribution in [-0.4, -0.2) is 23.0 Å². The van der Waals surface area contributed by atoms with Gasteiger partial charge in [-0.05, 0) is 35.4 Å². The van der Waals surface area contributed by atoms with Gasteiger partial charge in [0.25, 0.3) is 0 Å². The molecule has 0 bridgehead atoms. The molecule has 0 saturated carbocycles. The highest BCUT2D eigenvalue weighted by Crippen LogP contribution is 2.22. The molecule has 1 rings (SSSR count). The number of hydrogen-bond donors (Lipinski definition) is 2. The normalized spacial score (nSPS) is 13.4. The minimum atomic E-state index is -0.914. The number of carbonyl (C=O) groups excluding carboxylic acids is 1. The molecule has 0 aliphatic heterocycles. The molecule has 4 nitrogen and oxygen atoms in total. The number of nitrogens with one attached hydrogen (secondary N) is 1. The fraction of sp³-hybridized carbons (Fsp3) is 0.467. The molecule has 0 aromatic carbocycles. The number of hydrogen-bond acceptors (Lipinski definition) is 3. The zero-order chi connectivity index (χ0) is 15.3. The Kier molecular flexibility index (Phi) is 5.51. The molecule has 1 unspecified atom stereocenters. The first kappa shape index (κ1) is 16.4. The first-order valence-corrected chi connectivity index (χ1v) is 7.32. The fourth-order valence-electron chi connectivity index (χ4n) is 1.67. The van der Waals surface area contributed by atoms with Crippen LogP contribution in [0.3, 0.4) is 0 Å². The zero-order valence-electron chi connectivity index (χ0n) is 12.3. The predicted molar refractivity (Wildman–Crippen MR) is 81.7 cm³/mol. The Labute approximate surface area is 123 Å².